The van der Waals surface area contributed by atoms with Gasteiger partial charge < -0.3 is 10.2 Å². The van der Waals surface area contributed by atoms with Crippen LogP contribution in [-0.4, -0.2) is 16.2 Å². The second-order valence-electron chi connectivity index (χ2n) is 2.72. The van der Waals surface area contributed by atoms with Gasteiger partial charge >= 0.3 is 5.97 Å². The highest BCUT2D eigenvalue weighted by molar-refractivity contribution is 7.17. The van der Waals surface area contributed by atoms with Gasteiger partial charge in [-0.05, 0) is 11.4 Å². The Morgan fingerprint density at radius 2 is 2.21 bits per heavy atom. The van der Waals surface area contributed by atoms with E-state index in [0.29, 0.717) is 10.1 Å². The van der Waals surface area contributed by atoms with E-state index >= 15 is 0 Å². The highest BCUT2D eigenvalue weighted by Crippen LogP contribution is 2.36. The average molecular weight is 229 g/mol. The van der Waals surface area contributed by atoms with Crippen molar-refractivity contribution in [1.29, 1.82) is 0 Å². The molecule has 0 amide bonds. The molecule has 0 saturated heterocycles. The van der Waals surface area contributed by atoms with Crippen molar-refractivity contribution < 1.29 is 15.0 Å². The van der Waals surface area contributed by atoms with Crippen molar-refractivity contribution in [2.24, 2.45) is 0 Å². The lowest BCUT2D eigenvalue weighted by molar-refractivity contribution is 0.0699. The second kappa shape index (κ2) is 3.15. The Labute approximate surface area is 88.2 Å². The number of carboxylic acid groups (broad SMARTS) is 1. The van der Waals surface area contributed by atoms with Crippen molar-refractivity contribution in [2.75, 3.05) is 0 Å². The SMILES string of the molecule is O=C(O)c1c(Cl)cc(O)c2sccc12. The number of phenolic OH excluding ortho intramolecular Hbond substituents is 1. The minimum atomic E-state index is -1.08. The fourth-order valence-corrected chi connectivity index (χ4v) is 2.41. The molecule has 0 aliphatic carbocycles. The molecule has 0 bridgehead atoms. The van der Waals surface area contributed by atoms with Crippen LogP contribution in [0.4, 0.5) is 0 Å². The molecule has 2 rings (SSSR count). The summed E-state index contributed by atoms with van der Waals surface area (Å²) < 4.78 is 0.548. The van der Waals surface area contributed by atoms with Gasteiger partial charge in [0.1, 0.15) is 5.75 Å². The van der Waals surface area contributed by atoms with Crippen LogP contribution in [0.15, 0.2) is 17.5 Å². The number of benzene rings is 1. The first-order valence-corrected chi connectivity index (χ1v) is 4.99. The molecule has 3 nitrogen and oxygen atoms in total. The van der Waals surface area contributed by atoms with E-state index in [1.165, 1.54) is 17.4 Å². The third-order valence-electron chi connectivity index (χ3n) is 1.88. The van der Waals surface area contributed by atoms with Crippen LogP contribution < -0.4 is 0 Å². The van der Waals surface area contributed by atoms with Gasteiger partial charge in [0, 0.05) is 11.5 Å². The summed E-state index contributed by atoms with van der Waals surface area (Å²) in [5.41, 5.74) is 0.0423. The monoisotopic (exact) mass is 228 g/mol. The summed E-state index contributed by atoms with van der Waals surface area (Å²) in [7, 11) is 0. The van der Waals surface area contributed by atoms with E-state index in [2.05, 4.69) is 0 Å². The van der Waals surface area contributed by atoms with Gasteiger partial charge in [-0.25, -0.2) is 4.79 Å². The number of fused-ring (bicyclic) bond motifs is 1. The number of phenols is 1. The largest absolute Gasteiger partial charge is 0.506 e. The van der Waals surface area contributed by atoms with E-state index in [4.69, 9.17) is 16.7 Å². The Bertz CT molecular complexity index is 518. The van der Waals surface area contributed by atoms with Crippen LogP contribution in [0.3, 0.4) is 0 Å². The molecule has 1 aromatic heterocycles. The molecule has 0 spiro atoms. The van der Waals surface area contributed by atoms with E-state index in [0.717, 1.165) is 0 Å². The number of hydrogen-bond donors (Lipinski definition) is 2. The first kappa shape index (κ1) is 9.30. The smallest absolute Gasteiger partial charge is 0.337 e. The zero-order chi connectivity index (χ0) is 10.3. The first-order valence-electron chi connectivity index (χ1n) is 3.73. The molecule has 2 aromatic rings. The molecular weight excluding hydrogens is 224 g/mol. The van der Waals surface area contributed by atoms with Crippen LogP contribution in [0.5, 0.6) is 5.75 Å². The molecule has 0 aliphatic rings. The second-order valence-corrected chi connectivity index (χ2v) is 4.04. The molecule has 72 valence electrons. The molecular formula is C9H5ClO3S. The van der Waals surface area contributed by atoms with E-state index in [1.807, 2.05) is 0 Å². The van der Waals surface area contributed by atoms with Crippen LogP contribution in [0, 0.1) is 0 Å². The van der Waals surface area contributed by atoms with E-state index in [-0.39, 0.29) is 16.3 Å². The molecule has 5 heteroatoms. The van der Waals surface area contributed by atoms with Crippen LogP contribution in [0.25, 0.3) is 10.1 Å². The molecule has 0 unspecified atom stereocenters. The Morgan fingerprint density at radius 1 is 1.50 bits per heavy atom. The maximum absolute atomic E-state index is 10.9. The lowest BCUT2D eigenvalue weighted by Crippen LogP contribution is -1.97. The van der Waals surface area contributed by atoms with E-state index in [1.54, 1.807) is 11.4 Å². The van der Waals surface area contributed by atoms with Crippen molar-refractivity contribution >= 4 is 39.0 Å². The zero-order valence-corrected chi connectivity index (χ0v) is 8.39. The molecule has 0 radical (unpaired) electrons. The van der Waals surface area contributed by atoms with Crippen molar-refractivity contribution in [3.8, 4) is 5.75 Å². The van der Waals surface area contributed by atoms with Crippen LogP contribution in [0.2, 0.25) is 5.02 Å². The minimum absolute atomic E-state index is 0.0185. The third kappa shape index (κ3) is 1.23. The summed E-state index contributed by atoms with van der Waals surface area (Å²) in [5.74, 6) is -1.07. The van der Waals surface area contributed by atoms with Gasteiger partial charge in [0.25, 0.3) is 0 Å². The number of carbonyl (C=O) groups is 1. The Kier molecular flexibility index (Phi) is 2.09. The lowest BCUT2D eigenvalue weighted by atomic mass is 10.1. The maximum atomic E-state index is 10.9. The minimum Gasteiger partial charge on any atom is -0.506 e. The standard InChI is InChI=1S/C9H5ClO3S/c10-5-3-6(11)8-4(1-2-14-8)7(5)9(12)13/h1-3,11H,(H,12,13). The van der Waals surface area contributed by atoms with Gasteiger partial charge in [-0.3, -0.25) is 0 Å². The zero-order valence-electron chi connectivity index (χ0n) is 6.82. The van der Waals surface area contributed by atoms with Gasteiger partial charge in [0.15, 0.2) is 0 Å². The number of carboxylic acids is 1. The maximum Gasteiger partial charge on any atom is 0.337 e. The summed E-state index contributed by atoms with van der Waals surface area (Å²) in [6.07, 6.45) is 0. The topological polar surface area (TPSA) is 57.5 Å². The van der Waals surface area contributed by atoms with Gasteiger partial charge in [0.05, 0.1) is 15.3 Å². The van der Waals surface area contributed by atoms with Crippen molar-refractivity contribution in [1.82, 2.24) is 0 Å². The molecule has 0 fully saturated rings. The number of rotatable bonds is 1. The van der Waals surface area contributed by atoms with Gasteiger partial charge in [-0.1, -0.05) is 11.6 Å². The van der Waals surface area contributed by atoms with Crippen LogP contribution in [0.1, 0.15) is 10.4 Å². The third-order valence-corrected chi connectivity index (χ3v) is 3.12. The molecule has 14 heavy (non-hydrogen) atoms. The Balaban J connectivity index is 2.93. The van der Waals surface area contributed by atoms with Crippen molar-refractivity contribution in [2.45, 2.75) is 0 Å². The Morgan fingerprint density at radius 3 is 2.86 bits per heavy atom. The van der Waals surface area contributed by atoms with E-state index in [9.17, 15) is 9.90 Å². The normalized spacial score (nSPS) is 10.6. The number of hydrogen-bond acceptors (Lipinski definition) is 3. The van der Waals surface area contributed by atoms with Gasteiger partial charge in [-0.15, -0.1) is 11.3 Å². The summed E-state index contributed by atoms with van der Waals surface area (Å²) in [4.78, 5) is 10.9. The fraction of sp³-hybridized carbons (Fsp3) is 0. The molecule has 1 aromatic carbocycles. The predicted molar refractivity (Wildman–Crippen MR) is 55.5 cm³/mol. The summed E-state index contributed by atoms with van der Waals surface area (Å²) in [6, 6.07) is 2.89. The summed E-state index contributed by atoms with van der Waals surface area (Å²) in [5, 5.41) is 20.6. The molecule has 0 aliphatic heterocycles. The van der Waals surface area contributed by atoms with Crippen LogP contribution in [-0.2, 0) is 0 Å². The van der Waals surface area contributed by atoms with Crippen molar-refractivity contribution in [3.63, 3.8) is 0 Å². The number of aromatic carboxylic acids is 1. The molecule has 0 saturated carbocycles. The number of thiophene rings is 1. The van der Waals surface area contributed by atoms with E-state index < -0.39 is 5.97 Å². The number of aromatic hydroxyl groups is 1. The van der Waals surface area contributed by atoms with Crippen molar-refractivity contribution in [3.05, 3.63) is 28.1 Å². The molecule has 1 heterocycles. The highest BCUT2D eigenvalue weighted by Gasteiger charge is 2.16. The lowest BCUT2D eigenvalue weighted by Gasteiger charge is -2.02. The molecule has 0 atom stereocenters. The van der Waals surface area contributed by atoms with Gasteiger partial charge in [0.2, 0.25) is 0 Å². The summed E-state index contributed by atoms with van der Waals surface area (Å²) in [6.45, 7) is 0. The average Bonchev–Trinajstić information content (AvgIpc) is 2.51. The fourth-order valence-electron chi connectivity index (χ4n) is 1.31. The quantitative estimate of drug-likeness (QED) is 0.789. The van der Waals surface area contributed by atoms with Gasteiger partial charge in [-0.2, -0.15) is 0 Å². The molecule has 2 N–H and O–H groups in total. The summed E-state index contributed by atoms with van der Waals surface area (Å²) >= 11 is 7.01. The number of halogens is 1. The first-order chi connectivity index (χ1) is 6.61. The Hall–Kier alpha value is -1.26. The predicted octanol–water partition coefficient (Wildman–Crippen LogP) is 2.96. The highest BCUT2D eigenvalue weighted by atomic mass is 35.5. The van der Waals surface area contributed by atoms with Crippen LogP contribution >= 0.6 is 22.9 Å².